The van der Waals surface area contributed by atoms with E-state index in [0.29, 0.717) is 10.6 Å². The van der Waals surface area contributed by atoms with Crippen molar-refractivity contribution in [1.82, 2.24) is 0 Å². The second-order valence-corrected chi connectivity index (χ2v) is 6.25. The van der Waals surface area contributed by atoms with Crippen molar-refractivity contribution in [3.63, 3.8) is 0 Å². The Morgan fingerprint density at radius 3 is 2.57 bits per heavy atom. The van der Waals surface area contributed by atoms with Crippen molar-refractivity contribution >= 4 is 39.1 Å². The van der Waals surface area contributed by atoms with E-state index in [9.17, 15) is 4.79 Å². The SMILES string of the molecule is Cc1cc(C(N)=O)ccc1NC(C)c1ccc(Br)cc1Cl. The van der Waals surface area contributed by atoms with E-state index in [0.717, 1.165) is 21.3 Å². The van der Waals surface area contributed by atoms with Gasteiger partial charge in [0.05, 0.1) is 6.04 Å². The Morgan fingerprint density at radius 1 is 1.29 bits per heavy atom. The number of nitrogens with one attached hydrogen (secondary N) is 1. The monoisotopic (exact) mass is 366 g/mol. The lowest BCUT2D eigenvalue weighted by molar-refractivity contribution is 0.1000. The molecule has 0 aliphatic rings. The minimum Gasteiger partial charge on any atom is -0.378 e. The standard InChI is InChI=1S/C16H16BrClN2O/c1-9-7-11(16(19)21)3-6-15(9)20-10(2)13-5-4-12(17)8-14(13)18/h3-8,10,20H,1-2H3,(H2,19,21). The van der Waals surface area contributed by atoms with Gasteiger partial charge in [-0.05, 0) is 55.3 Å². The zero-order chi connectivity index (χ0) is 15.6. The van der Waals surface area contributed by atoms with E-state index in [-0.39, 0.29) is 6.04 Å². The number of aryl methyl sites for hydroxylation is 1. The summed E-state index contributed by atoms with van der Waals surface area (Å²) in [6, 6.07) is 11.2. The van der Waals surface area contributed by atoms with Crippen LogP contribution in [0.15, 0.2) is 40.9 Å². The topological polar surface area (TPSA) is 55.1 Å². The number of rotatable bonds is 4. The van der Waals surface area contributed by atoms with Crippen molar-refractivity contribution < 1.29 is 4.79 Å². The van der Waals surface area contributed by atoms with Crippen molar-refractivity contribution in [2.75, 3.05) is 5.32 Å². The molecule has 0 spiro atoms. The molecule has 5 heteroatoms. The molecule has 3 N–H and O–H groups in total. The fraction of sp³-hybridized carbons (Fsp3) is 0.188. The van der Waals surface area contributed by atoms with Crippen LogP contribution in [0.2, 0.25) is 5.02 Å². The minimum atomic E-state index is -0.423. The van der Waals surface area contributed by atoms with Gasteiger partial charge in [0.2, 0.25) is 5.91 Å². The Hall–Kier alpha value is -1.52. The molecule has 0 heterocycles. The lowest BCUT2D eigenvalue weighted by Gasteiger charge is -2.19. The maximum Gasteiger partial charge on any atom is 0.248 e. The first kappa shape index (κ1) is 15.9. The molecule has 0 aromatic heterocycles. The fourth-order valence-corrected chi connectivity index (χ4v) is 2.98. The van der Waals surface area contributed by atoms with E-state index in [4.69, 9.17) is 17.3 Å². The molecule has 110 valence electrons. The number of hydrogen-bond donors (Lipinski definition) is 2. The highest BCUT2D eigenvalue weighted by molar-refractivity contribution is 9.10. The van der Waals surface area contributed by atoms with Gasteiger partial charge in [0, 0.05) is 20.7 Å². The molecule has 1 atom stereocenters. The summed E-state index contributed by atoms with van der Waals surface area (Å²) in [7, 11) is 0. The number of amides is 1. The molecule has 0 saturated heterocycles. The van der Waals surface area contributed by atoms with Crippen molar-refractivity contribution in [3.8, 4) is 0 Å². The smallest absolute Gasteiger partial charge is 0.248 e. The number of benzene rings is 2. The predicted molar refractivity (Wildman–Crippen MR) is 90.9 cm³/mol. The molecule has 2 aromatic rings. The molecule has 0 bridgehead atoms. The molecular formula is C16H16BrClN2O. The summed E-state index contributed by atoms with van der Waals surface area (Å²) in [4.78, 5) is 11.2. The molecule has 0 aliphatic heterocycles. The van der Waals surface area contributed by atoms with Crippen LogP contribution in [-0.4, -0.2) is 5.91 Å². The van der Waals surface area contributed by atoms with Crippen LogP contribution in [0.25, 0.3) is 0 Å². The largest absolute Gasteiger partial charge is 0.378 e. The Bertz CT molecular complexity index is 688. The second-order valence-electron chi connectivity index (χ2n) is 4.93. The van der Waals surface area contributed by atoms with Crippen LogP contribution in [0.1, 0.15) is 34.5 Å². The molecule has 0 saturated carbocycles. The maximum atomic E-state index is 11.2. The summed E-state index contributed by atoms with van der Waals surface area (Å²) in [5, 5.41) is 4.11. The lowest BCUT2D eigenvalue weighted by atomic mass is 10.1. The first-order valence-electron chi connectivity index (χ1n) is 6.50. The van der Waals surface area contributed by atoms with Gasteiger partial charge in [-0.15, -0.1) is 0 Å². The summed E-state index contributed by atoms with van der Waals surface area (Å²) in [5.41, 5.74) is 8.71. The number of carbonyl (C=O) groups is 1. The summed E-state index contributed by atoms with van der Waals surface area (Å²) < 4.78 is 0.949. The van der Waals surface area contributed by atoms with Gasteiger partial charge >= 0.3 is 0 Å². The Balaban J connectivity index is 2.23. The highest BCUT2D eigenvalue weighted by Crippen LogP contribution is 2.29. The molecule has 2 aromatic carbocycles. The summed E-state index contributed by atoms with van der Waals surface area (Å²) in [6.45, 7) is 3.97. The van der Waals surface area contributed by atoms with E-state index in [1.165, 1.54) is 0 Å². The Morgan fingerprint density at radius 2 is 2.00 bits per heavy atom. The van der Waals surface area contributed by atoms with Crippen LogP contribution >= 0.6 is 27.5 Å². The van der Waals surface area contributed by atoms with Gasteiger partial charge in [0.25, 0.3) is 0 Å². The van der Waals surface area contributed by atoms with E-state index >= 15 is 0 Å². The normalized spacial score (nSPS) is 12.0. The lowest BCUT2D eigenvalue weighted by Crippen LogP contribution is -2.12. The summed E-state index contributed by atoms with van der Waals surface area (Å²) >= 11 is 9.66. The van der Waals surface area contributed by atoms with Gasteiger partial charge in [-0.2, -0.15) is 0 Å². The van der Waals surface area contributed by atoms with Gasteiger partial charge in [-0.25, -0.2) is 0 Å². The molecule has 0 aliphatic carbocycles. The fourth-order valence-electron chi connectivity index (χ4n) is 2.14. The maximum absolute atomic E-state index is 11.2. The average Bonchev–Trinajstić information content (AvgIpc) is 2.40. The van der Waals surface area contributed by atoms with E-state index in [1.807, 2.05) is 38.1 Å². The molecule has 1 amide bonds. The van der Waals surface area contributed by atoms with Gasteiger partial charge in [0.15, 0.2) is 0 Å². The minimum absolute atomic E-state index is 0.0451. The number of halogens is 2. The molecular weight excluding hydrogens is 352 g/mol. The molecule has 0 fully saturated rings. The third-order valence-corrected chi connectivity index (χ3v) is 4.13. The zero-order valence-corrected chi connectivity index (χ0v) is 14.1. The molecule has 0 radical (unpaired) electrons. The van der Waals surface area contributed by atoms with Crippen LogP contribution in [0.5, 0.6) is 0 Å². The number of carbonyl (C=O) groups excluding carboxylic acids is 1. The van der Waals surface area contributed by atoms with E-state index in [1.54, 1.807) is 12.1 Å². The summed E-state index contributed by atoms with van der Waals surface area (Å²) in [6.07, 6.45) is 0. The third kappa shape index (κ3) is 3.77. The van der Waals surface area contributed by atoms with Crippen molar-refractivity contribution in [2.45, 2.75) is 19.9 Å². The van der Waals surface area contributed by atoms with Gasteiger partial charge < -0.3 is 11.1 Å². The van der Waals surface area contributed by atoms with Gasteiger partial charge in [-0.1, -0.05) is 33.6 Å². The predicted octanol–water partition coefficient (Wildman–Crippen LogP) is 4.68. The molecule has 21 heavy (non-hydrogen) atoms. The van der Waals surface area contributed by atoms with Crippen molar-refractivity contribution in [3.05, 3.63) is 62.6 Å². The second kappa shape index (κ2) is 6.50. The van der Waals surface area contributed by atoms with Crippen LogP contribution < -0.4 is 11.1 Å². The highest BCUT2D eigenvalue weighted by Gasteiger charge is 2.12. The number of nitrogens with two attached hydrogens (primary N) is 1. The first-order chi connectivity index (χ1) is 9.88. The van der Waals surface area contributed by atoms with Crippen LogP contribution in [-0.2, 0) is 0 Å². The first-order valence-corrected chi connectivity index (χ1v) is 7.67. The molecule has 3 nitrogen and oxygen atoms in total. The van der Waals surface area contributed by atoms with Gasteiger partial charge in [0.1, 0.15) is 0 Å². The quantitative estimate of drug-likeness (QED) is 0.824. The van der Waals surface area contributed by atoms with Crippen LogP contribution in [0.4, 0.5) is 5.69 Å². The number of primary amides is 1. The Kier molecular flexibility index (Phi) is 4.91. The van der Waals surface area contributed by atoms with Crippen LogP contribution in [0, 0.1) is 6.92 Å². The van der Waals surface area contributed by atoms with E-state index in [2.05, 4.69) is 21.2 Å². The molecule has 1 unspecified atom stereocenters. The highest BCUT2D eigenvalue weighted by atomic mass is 79.9. The van der Waals surface area contributed by atoms with Crippen molar-refractivity contribution in [1.29, 1.82) is 0 Å². The van der Waals surface area contributed by atoms with Gasteiger partial charge in [-0.3, -0.25) is 4.79 Å². The molecule has 2 rings (SSSR count). The third-order valence-electron chi connectivity index (χ3n) is 3.31. The van der Waals surface area contributed by atoms with E-state index < -0.39 is 5.91 Å². The average molecular weight is 368 g/mol. The number of hydrogen-bond acceptors (Lipinski definition) is 2. The zero-order valence-electron chi connectivity index (χ0n) is 11.8. The number of anilines is 1. The van der Waals surface area contributed by atoms with Crippen molar-refractivity contribution in [2.24, 2.45) is 5.73 Å². The Labute approximate surface area is 137 Å². The van der Waals surface area contributed by atoms with Crippen LogP contribution in [0.3, 0.4) is 0 Å². The summed E-state index contributed by atoms with van der Waals surface area (Å²) in [5.74, 6) is -0.423.